The van der Waals surface area contributed by atoms with Gasteiger partial charge in [0, 0.05) is 46.9 Å². The van der Waals surface area contributed by atoms with Gasteiger partial charge in [-0.15, -0.1) is 23.1 Å². The number of H-pyrrole nitrogens is 2. The van der Waals surface area contributed by atoms with Gasteiger partial charge in [-0.2, -0.15) is 0 Å². The lowest BCUT2D eigenvalue weighted by Crippen LogP contribution is -2.46. The molecule has 0 amide bonds. The maximum Gasteiger partial charge on any atom is 0.272 e. The van der Waals surface area contributed by atoms with E-state index in [1.54, 1.807) is 35.3 Å². The largest absolute Gasteiger partial charge is 0.350 e. The van der Waals surface area contributed by atoms with E-state index < -0.39 is 0 Å². The lowest BCUT2D eigenvalue weighted by atomic mass is 10.1. The highest BCUT2D eigenvalue weighted by Gasteiger charge is 2.05. The Morgan fingerprint density at radius 3 is 2.48 bits per heavy atom. The second-order valence-corrected chi connectivity index (χ2v) is 10.1. The van der Waals surface area contributed by atoms with Crippen LogP contribution < -0.4 is 21.8 Å². The van der Waals surface area contributed by atoms with Crippen LogP contribution in [0, 0.1) is 0 Å². The van der Waals surface area contributed by atoms with Crippen LogP contribution >= 0.6 is 23.1 Å². The molecule has 0 aliphatic heterocycles. The molecule has 0 spiro atoms. The number of nitrogens with one attached hydrogen (secondary N) is 2. The van der Waals surface area contributed by atoms with Gasteiger partial charge in [0.25, 0.3) is 11.1 Å². The Bertz CT molecular complexity index is 1460. The smallest absolute Gasteiger partial charge is 0.272 e. The van der Waals surface area contributed by atoms with E-state index in [4.69, 9.17) is 0 Å². The number of fused-ring (bicyclic) bond motifs is 1. The first-order valence-electron chi connectivity index (χ1n) is 9.88. The summed E-state index contributed by atoms with van der Waals surface area (Å²) in [4.78, 5) is 33.8. The molecule has 0 aliphatic rings. The predicted molar refractivity (Wildman–Crippen MR) is 131 cm³/mol. The summed E-state index contributed by atoms with van der Waals surface area (Å²) >= 11 is 3.39. The van der Waals surface area contributed by atoms with Gasteiger partial charge in [-0.3, -0.25) is 9.59 Å². The monoisotopic (exact) mass is 452 g/mol. The van der Waals surface area contributed by atoms with Crippen LogP contribution in [0.5, 0.6) is 0 Å². The number of rotatable bonds is 6. The molecular formula is C23H24N4O2S2. The SMILES string of the molecule is CN(C)CCSc1ccc(C=c2[nH]c(=O)c(=Cc3cn(C)c4ccccc34)[nH]c2=O)s1. The lowest BCUT2D eigenvalue weighted by Gasteiger charge is -2.07. The first-order chi connectivity index (χ1) is 14.9. The Balaban J connectivity index is 1.66. The van der Waals surface area contributed by atoms with Crippen molar-refractivity contribution in [1.82, 2.24) is 19.4 Å². The molecule has 4 aromatic rings. The minimum atomic E-state index is -0.323. The molecule has 31 heavy (non-hydrogen) atoms. The molecule has 0 saturated heterocycles. The van der Waals surface area contributed by atoms with Gasteiger partial charge in [0.1, 0.15) is 10.7 Å². The minimum absolute atomic E-state index is 0.240. The van der Waals surface area contributed by atoms with Gasteiger partial charge in [0.2, 0.25) is 0 Å². The van der Waals surface area contributed by atoms with Crippen LogP contribution in [-0.4, -0.2) is 45.8 Å². The zero-order chi connectivity index (χ0) is 22.0. The fraction of sp³-hybridized carbons (Fsp3) is 0.217. The van der Waals surface area contributed by atoms with Crippen LogP contribution in [0.2, 0.25) is 0 Å². The third kappa shape index (κ3) is 4.92. The van der Waals surface area contributed by atoms with Crippen LogP contribution in [0.3, 0.4) is 0 Å². The molecule has 2 N–H and O–H groups in total. The summed E-state index contributed by atoms with van der Waals surface area (Å²) in [5.74, 6) is 1.00. The average molecular weight is 453 g/mol. The average Bonchev–Trinajstić information content (AvgIpc) is 3.30. The molecule has 8 heteroatoms. The quantitative estimate of drug-likeness (QED) is 0.439. The number of hydrogen-bond acceptors (Lipinski definition) is 5. The summed E-state index contributed by atoms with van der Waals surface area (Å²) in [6.45, 7) is 1.00. The van der Waals surface area contributed by atoms with Gasteiger partial charge in [0.05, 0.1) is 4.21 Å². The molecule has 3 aromatic heterocycles. The van der Waals surface area contributed by atoms with Crippen molar-refractivity contribution in [2.24, 2.45) is 7.05 Å². The number of aromatic amines is 2. The first-order valence-corrected chi connectivity index (χ1v) is 11.7. The third-order valence-corrected chi connectivity index (χ3v) is 7.12. The van der Waals surface area contributed by atoms with Crippen molar-refractivity contribution in [3.8, 4) is 0 Å². The molecular weight excluding hydrogens is 428 g/mol. The van der Waals surface area contributed by atoms with Crippen molar-refractivity contribution in [1.29, 1.82) is 0 Å². The Morgan fingerprint density at radius 2 is 1.74 bits per heavy atom. The van der Waals surface area contributed by atoms with Crippen molar-refractivity contribution < 1.29 is 0 Å². The summed E-state index contributed by atoms with van der Waals surface area (Å²) in [7, 11) is 6.06. The van der Waals surface area contributed by atoms with E-state index in [1.165, 1.54) is 4.21 Å². The number of benzene rings is 1. The van der Waals surface area contributed by atoms with E-state index in [0.29, 0.717) is 0 Å². The highest BCUT2D eigenvalue weighted by Crippen LogP contribution is 2.27. The zero-order valence-electron chi connectivity index (χ0n) is 17.6. The van der Waals surface area contributed by atoms with Crippen molar-refractivity contribution in [2.45, 2.75) is 4.21 Å². The van der Waals surface area contributed by atoms with E-state index in [9.17, 15) is 9.59 Å². The summed E-state index contributed by atoms with van der Waals surface area (Å²) < 4.78 is 3.19. The summed E-state index contributed by atoms with van der Waals surface area (Å²) in [6, 6.07) is 12.0. The number of thiophene rings is 1. The zero-order valence-corrected chi connectivity index (χ0v) is 19.3. The molecule has 0 fully saturated rings. The molecule has 0 bridgehead atoms. The highest BCUT2D eigenvalue weighted by molar-refractivity contribution is 8.01. The fourth-order valence-corrected chi connectivity index (χ4v) is 5.58. The molecule has 3 heterocycles. The number of para-hydroxylation sites is 1. The van der Waals surface area contributed by atoms with Gasteiger partial charge in [-0.25, -0.2) is 0 Å². The molecule has 0 radical (unpaired) electrons. The standard InChI is InChI=1S/C23H24N4O2S2/c1-26(2)10-11-30-21-9-8-16(31-21)13-19-23(29)24-18(22(28)25-19)12-15-14-27(3)20-7-5-4-6-17(15)20/h4-9,12-14H,10-11H2,1-3H3,(H,24,29)(H,25,28). The van der Waals surface area contributed by atoms with Crippen molar-refractivity contribution >= 4 is 46.2 Å². The summed E-state index contributed by atoms with van der Waals surface area (Å²) in [6.07, 6.45) is 5.39. The van der Waals surface area contributed by atoms with Crippen molar-refractivity contribution in [3.05, 3.63) is 84.4 Å². The number of nitrogens with zero attached hydrogens (tertiary/aromatic N) is 2. The highest BCUT2D eigenvalue weighted by atomic mass is 32.2. The molecule has 1 aromatic carbocycles. The molecule has 6 nitrogen and oxygen atoms in total. The molecule has 160 valence electrons. The Kier molecular flexibility index (Phi) is 6.31. The summed E-state index contributed by atoms with van der Waals surface area (Å²) in [5.41, 5.74) is 1.31. The van der Waals surface area contributed by atoms with Crippen LogP contribution in [0.25, 0.3) is 23.1 Å². The molecule has 0 saturated carbocycles. The second kappa shape index (κ2) is 9.13. The molecule has 0 aliphatic carbocycles. The van der Waals surface area contributed by atoms with Gasteiger partial charge < -0.3 is 19.4 Å². The number of thioether (sulfide) groups is 1. The number of aryl methyl sites for hydroxylation is 1. The van der Waals surface area contributed by atoms with E-state index in [2.05, 4.69) is 29.0 Å². The van der Waals surface area contributed by atoms with Crippen LogP contribution in [0.4, 0.5) is 0 Å². The molecule has 0 atom stereocenters. The summed E-state index contributed by atoms with van der Waals surface area (Å²) in [5, 5.41) is 1.52. The van der Waals surface area contributed by atoms with Gasteiger partial charge >= 0.3 is 0 Å². The van der Waals surface area contributed by atoms with Crippen LogP contribution in [0.1, 0.15) is 10.4 Å². The van der Waals surface area contributed by atoms with E-state index in [1.807, 2.05) is 54.2 Å². The van der Waals surface area contributed by atoms with E-state index in [0.717, 1.165) is 33.6 Å². The maximum atomic E-state index is 12.7. The van der Waals surface area contributed by atoms with Gasteiger partial charge in [-0.1, -0.05) is 18.2 Å². The van der Waals surface area contributed by atoms with Crippen molar-refractivity contribution in [2.75, 3.05) is 26.4 Å². The van der Waals surface area contributed by atoms with Crippen molar-refractivity contribution in [3.63, 3.8) is 0 Å². The van der Waals surface area contributed by atoms with Crippen LogP contribution in [-0.2, 0) is 7.05 Å². The molecule has 0 unspecified atom stereocenters. The van der Waals surface area contributed by atoms with Crippen LogP contribution in [0.15, 0.2) is 56.4 Å². The van der Waals surface area contributed by atoms with Gasteiger partial charge in [-0.05, 0) is 44.4 Å². The topological polar surface area (TPSA) is 73.9 Å². The first kappa shape index (κ1) is 21.4. The predicted octanol–water partition coefficient (Wildman–Crippen LogP) is 1.93. The molecule has 4 rings (SSSR count). The number of aromatic nitrogens is 3. The minimum Gasteiger partial charge on any atom is -0.350 e. The Hall–Kier alpha value is -2.81. The lowest BCUT2D eigenvalue weighted by molar-refractivity contribution is 0.437. The number of hydrogen-bond donors (Lipinski definition) is 2. The maximum absolute atomic E-state index is 12.7. The fourth-order valence-electron chi connectivity index (χ4n) is 3.30. The third-order valence-electron chi connectivity index (χ3n) is 4.88. The van der Waals surface area contributed by atoms with Gasteiger partial charge in [0.15, 0.2) is 0 Å². The second-order valence-electron chi connectivity index (χ2n) is 7.55. The Morgan fingerprint density at radius 1 is 1.03 bits per heavy atom. The van der Waals surface area contributed by atoms with E-state index >= 15 is 0 Å². The normalized spacial score (nSPS) is 13.0. The Labute approximate surface area is 187 Å². The van der Waals surface area contributed by atoms with E-state index in [-0.39, 0.29) is 21.8 Å².